The first-order chi connectivity index (χ1) is 13.0. The van der Waals surface area contributed by atoms with Crippen LogP contribution in [-0.2, 0) is 9.59 Å². The molecule has 0 aromatic heterocycles. The smallest absolute Gasteiger partial charge is 0.332 e. The topological polar surface area (TPSA) is 113 Å². The summed E-state index contributed by atoms with van der Waals surface area (Å²) in [6, 6.07) is 0. The van der Waals surface area contributed by atoms with Crippen LogP contribution in [0.5, 0.6) is 0 Å². The van der Waals surface area contributed by atoms with Crippen molar-refractivity contribution in [2.24, 2.45) is 5.84 Å². The fourth-order valence-corrected chi connectivity index (χ4v) is 2.73. The molecule has 1 unspecified atom stereocenters. The molecule has 0 radical (unpaired) electrons. The number of carbonyl (C=O) groups excluding carboxylic acids is 1. The molecule has 27 heavy (non-hydrogen) atoms. The number of carboxylic acid groups (broad SMARTS) is 1. The molecule has 0 aliphatic carbocycles. The molecule has 0 aromatic rings. The minimum Gasteiger partial charge on any atom is -0.479 e. The maximum Gasteiger partial charge on any atom is 0.332 e. The number of carbonyl (C=O) groups is 2. The van der Waals surface area contributed by atoms with Gasteiger partial charge in [0, 0.05) is 6.42 Å². The van der Waals surface area contributed by atoms with Crippen LogP contribution in [-0.4, -0.2) is 28.2 Å². The Bertz CT molecular complexity index is 336. The first-order valence-electron chi connectivity index (χ1n) is 10.9. The van der Waals surface area contributed by atoms with Gasteiger partial charge in [-0.3, -0.25) is 10.2 Å². The SMILES string of the molecule is CC(O)C(=O)O.CCCCCCCCCCCCCCCCCC(=O)NN. The lowest BCUT2D eigenvalue weighted by molar-refractivity contribution is -0.145. The van der Waals surface area contributed by atoms with Gasteiger partial charge in [0.05, 0.1) is 0 Å². The minimum absolute atomic E-state index is 0.0373. The van der Waals surface area contributed by atoms with Gasteiger partial charge in [-0.25, -0.2) is 10.6 Å². The molecule has 5 N–H and O–H groups in total. The maximum atomic E-state index is 10.9. The summed E-state index contributed by atoms with van der Waals surface area (Å²) >= 11 is 0. The molecular formula is C21H44N2O4. The molecule has 0 aliphatic rings. The first kappa shape index (κ1) is 28.1. The third kappa shape index (κ3) is 27.2. The van der Waals surface area contributed by atoms with E-state index in [1.807, 2.05) is 0 Å². The number of aliphatic carboxylic acids is 1. The second-order valence-electron chi connectivity index (χ2n) is 7.28. The molecule has 6 nitrogen and oxygen atoms in total. The standard InChI is InChI=1S/C18H38N2O.C3H6O3/c1-2-3-4-5-6-7-8-9-10-11-12-13-14-15-16-17-18(21)20-19;1-2(4)3(5)6/h2-17,19H2,1H3,(H,20,21);2,4H,1H3,(H,5,6). The number of hydrazine groups is 1. The molecule has 0 saturated heterocycles. The number of nitrogens with two attached hydrogens (primary N) is 1. The van der Waals surface area contributed by atoms with Crippen molar-refractivity contribution in [2.75, 3.05) is 0 Å². The van der Waals surface area contributed by atoms with E-state index in [2.05, 4.69) is 12.3 Å². The third-order valence-electron chi connectivity index (χ3n) is 4.53. The zero-order valence-electron chi connectivity index (χ0n) is 17.7. The summed E-state index contributed by atoms with van der Waals surface area (Å²) in [6.07, 6.45) is 19.6. The van der Waals surface area contributed by atoms with Crippen molar-refractivity contribution >= 4 is 11.9 Å². The van der Waals surface area contributed by atoms with Gasteiger partial charge in [-0.1, -0.05) is 96.8 Å². The van der Waals surface area contributed by atoms with Gasteiger partial charge in [0.25, 0.3) is 0 Å². The molecule has 0 aliphatic heterocycles. The van der Waals surface area contributed by atoms with Crippen LogP contribution in [0.2, 0.25) is 0 Å². The highest BCUT2D eigenvalue weighted by Gasteiger charge is 2.01. The highest BCUT2D eigenvalue weighted by atomic mass is 16.4. The molecule has 0 bridgehead atoms. The summed E-state index contributed by atoms with van der Waals surface area (Å²) in [4.78, 5) is 20.4. The summed E-state index contributed by atoms with van der Waals surface area (Å²) in [5.41, 5.74) is 2.18. The number of hydrogen-bond acceptors (Lipinski definition) is 4. The lowest BCUT2D eigenvalue weighted by Crippen LogP contribution is -2.29. The fourth-order valence-electron chi connectivity index (χ4n) is 2.73. The fraction of sp³-hybridized carbons (Fsp3) is 0.905. The number of carboxylic acids is 1. The van der Waals surface area contributed by atoms with E-state index < -0.39 is 12.1 Å². The Balaban J connectivity index is 0. The molecule has 1 atom stereocenters. The van der Waals surface area contributed by atoms with Gasteiger partial charge in [0.15, 0.2) is 0 Å². The van der Waals surface area contributed by atoms with Crippen LogP contribution in [0.4, 0.5) is 0 Å². The Labute approximate surface area is 166 Å². The molecule has 1 amide bonds. The van der Waals surface area contributed by atoms with Crippen molar-refractivity contribution in [2.45, 2.75) is 123 Å². The van der Waals surface area contributed by atoms with E-state index in [0.29, 0.717) is 6.42 Å². The maximum absolute atomic E-state index is 10.9. The van der Waals surface area contributed by atoms with Crippen LogP contribution in [0.3, 0.4) is 0 Å². The minimum atomic E-state index is -1.23. The lowest BCUT2D eigenvalue weighted by Gasteiger charge is -2.03. The Hall–Kier alpha value is -1.14. The normalized spacial score (nSPS) is 11.4. The predicted molar refractivity (Wildman–Crippen MR) is 111 cm³/mol. The Morgan fingerprint density at radius 2 is 1.07 bits per heavy atom. The number of amides is 1. The number of hydrogen-bond donors (Lipinski definition) is 4. The largest absolute Gasteiger partial charge is 0.479 e. The molecule has 0 fully saturated rings. The Morgan fingerprint density at radius 3 is 1.33 bits per heavy atom. The molecule has 0 heterocycles. The summed E-state index contributed by atoms with van der Waals surface area (Å²) in [6.45, 7) is 3.47. The monoisotopic (exact) mass is 388 g/mol. The van der Waals surface area contributed by atoms with Crippen LogP contribution < -0.4 is 11.3 Å². The average Bonchev–Trinajstić information content (AvgIpc) is 2.65. The molecule has 0 saturated carbocycles. The average molecular weight is 389 g/mol. The number of aliphatic hydroxyl groups is 1. The molecule has 162 valence electrons. The summed E-state index contributed by atoms with van der Waals surface area (Å²) < 4.78 is 0. The number of nitrogens with one attached hydrogen (secondary N) is 1. The van der Waals surface area contributed by atoms with Crippen molar-refractivity contribution in [1.29, 1.82) is 0 Å². The highest BCUT2D eigenvalue weighted by Crippen LogP contribution is 2.13. The van der Waals surface area contributed by atoms with E-state index in [1.54, 1.807) is 0 Å². The second-order valence-corrected chi connectivity index (χ2v) is 7.28. The molecule has 0 aromatic carbocycles. The van der Waals surface area contributed by atoms with Gasteiger partial charge >= 0.3 is 5.97 Å². The van der Waals surface area contributed by atoms with Gasteiger partial charge < -0.3 is 10.2 Å². The first-order valence-corrected chi connectivity index (χ1v) is 10.9. The number of unbranched alkanes of at least 4 members (excludes halogenated alkanes) is 14. The van der Waals surface area contributed by atoms with Crippen molar-refractivity contribution in [3.05, 3.63) is 0 Å². The lowest BCUT2D eigenvalue weighted by atomic mass is 10.0. The Morgan fingerprint density at radius 1 is 0.778 bits per heavy atom. The van der Waals surface area contributed by atoms with E-state index in [4.69, 9.17) is 16.1 Å². The molecule has 0 rings (SSSR count). The van der Waals surface area contributed by atoms with Gasteiger partial charge in [-0.05, 0) is 13.3 Å². The summed E-state index contributed by atoms with van der Waals surface area (Å²) in [5, 5.41) is 15.8. The van der Waals surface area contributed by atoms with E-state index in [1.165, 1.54) is 90.4 Å². The molecule has 0 spiro atoms. The predicted octanol–water partition coefficient (Wildman–Crippen LogP) is 4.69. The van der Waals surface area contributed by atoms with Gasteiger partial charge in [0.2, 0.25) is 5.91 Å². The second kappa shape index (κ2) is 22.9. The summed E-state index contributed by atoms with van der Waals surface area (Å²) in [5.74, 6) is 3.81. The molecule has 6 heteroatoms. The van der Waals surface area contributed by atoms with Crippen LogP contribution in [0, 0.1) is 0 Å². The van der Waals surface area contributed by atoms with Crippen LogP contribution in [0.1, 0.15) is 117 Å². The number of rotatable bonds is 17. The van der Waals surface area contributed by atoms with Crippen LogP contribution >= 0.6 is 0 Å². The van der Waals surface area contributed by atoms with Crippen molar-refractivity contribution in [1.82, 2.24) is 5.43 Å². The van der Waals surface area contributed by atoms with Crippen molar-refractivity contribution < 1.29 is 19.8 Å². The Kier molecular flexibility index (Phi) is 23.8. The van der Waals surface area contributed by atoms with Gasteiger partial charge in [-0.15, -0.1) is 0 Å². The van der Waals surface area contributed by atoms with Crippen LogP contribution in [0.25, 0.3) is 0 Å². The summed E-state index contributed by atoms with van der Waals surface area (Å²) in [7, 11) is 0. The van der Waals surface area contributed by atoms with E-state index in [9.17, 15) is 9.59 Å². The number of aliphatic hydroxyl groups excluding tert-OH is 1. The third-order valence-corrected chi connectivity index (χ3v) is 4.53. The van der Waals surface area contributed by atoms with Crippen molar-refractivity contribution in [3.63, 3.8) is 0 Å². The highest BCUT2D eigenvalue weighted by molar-refractivity contribution is 5.75. The van der Waals surface area contributed by atoms with E-state index in [-0.39, 0.29) is 5.91 Å². The van der Waals surface area contributed by atoms with E-state index >= 15 is 0 Å². The van der Waals surface area contributed by atoms with Crippen LogP contribution in [0.15, 0.2) is 0 Å². The van der Waals surface area contributed by atoms with Gasteiger partial charge in [-0.2, -0.15) is 0 Å². The van der Waals surface area contributed by atoms with Crippen molar-refractivity contribution in [3.8, 4) is 0 Å². The zero-order valence-corrected chi connectivity index (χ0v) is 17.7. The van der Waals surface area contributed by atoms with E-state index in [0.717, 1.165) is 12.8 Å². The quantitative estimate of drug-likeness (QED) is 0.125. The molecular weight excluding hydrogens is 344 g/mol. The van der Waals surface area contributed by atoms with Gasteiger partial charge in [0.1, 0.15) is 6.10 Å². The zero-order chi connectivity index (χ0) is 20.8.